The van der Waals surface area contributed by atoms with Gasteiger partial charge in [0.15, 0.2) is 6.61 Å². The first-order chi connectivity index (χ1) is 7.83. The van der Waals surface area contributed by atoms with E-state index in [1.165, 1.54) is 0 Å². The molecule has 92 valence electrons. The third-order valence-electron chi connectivity index (χ3n) is 1.77. The number of carbonyl (C=O) groups excluding carboxylic acids is 1. The zero-order valence-electron chi connectivity index (χ0n) is 8.26. The summed E-state index contributed by atoms with van der Waals surface area (Å²) in [6, 6.07) is 4.27. The van der Waals surface area contributed by atoms with Gasteiger partial charge in [0.05, 0.1) is 4.92 Å². The van der Waals surface area contributed by atoms with E-state index in [4.69, 9.17) is 0 Å². The maximum absolute atomic E-state index is 12.5. The van der Waals surface area contributed by atoms with Crippen LogP contribution in [0.4, 0.5) is 14.5 Å². The molecule has 0 aliphatic rings. The number of halogens is 2. The number of nitrogens with zero attached hydrogens (tertiary/aromatic N) is 1. The molecule has 0 aromatic heterocycles. The van der Waals surface area contributed by atoms with Crippen molar-refractivity contribution in [1.29, 1.82) is 0 Å². The van der Waals surface area contributed by atoms with E-state index < -0.39 is 23.4 Å². The van der Waals surface area contributed by atoms with E-state index in [0.29, 0.717) is 0 Å². The first kappa shape index (κ1) is 12.8. The summed E-state index contributed by atoms with van der Waals surface area (Å²) in [5.41, 5.74) is -0.232. The molecule has 0 amide bonds. The lowest BCUT2D eigenvalue weighted by Crippen LogP contribution is -2.45. The van der Waals surface area contributed by atoms with Crippen molar-refractivity contribution in [2.75, 3.05) is 6.61 Å². The lowest BCUT2D eigenvalue weighted by atomic mass is 10.3. The number of nitro benzene ring substituents is 1. The van der Waals surface area contributed by atoms with E-state index in [9.17, 15) is 28.8 Å². The average molecular weight is 246 g/mol. The molecule has 0 spiro atoms. The Labute approximate surface area is 93.6 Å². The molecule has 0 unspecified atom stereocenters. The number of non-ortho nitro benzene ring substituents is 1. The van der Waals surface area contributed by atoms with Crippen molar-refractivity contribution in [2.24, 2.45) is 0 Å². The van der Waals surface area contributed by atoms with Crippen LogP contribution in [-0.4, -0.2) is 23.4 Å². The van der Waals surface area contributed by atoms with Gasteiger partial charge in [-0.2, -0.15) is 8.78 Å². The summed E-state index contributed by atoms with van der Waals surface area (Å²) < 4.78 is 29.6. The van der Waals surface area contributed by atoms with Crippen LogP contribution in [0.5, 0.6) is 5.75 Å². The summed E-state index contributed by atoms with van der Waals surface area (Å²) in [5.74, 6) is -6.75. The molecule has 17 heavy (non-hydrogen) atoms. The first-order valence-electron chi connectivity index (χ1n) is 4.29. The van der Waals surface area contributed by atoms with Crippen molar-refractivity contribution in [3.63, 3.8) is 0 Å². The summed E-state index contributed by atoms with van der Waals surface area (Å²) in [5, 5.41) is 20.2. The molecule has 0 aliphatic heterocycles. The molecule has 0 saturated heterocycles. The Morgan fingerprint density at radius 3 is 2.29 bits per heavy atom. The smallest absolute Gasteiger partial charge is 0.320 e. The van der Waals surface area contributed by atoms with Crippen molar-refractivity contribution < 1.29 is 28.3 Å². The van der Waals surface area contributed by atoms with Crippen molar-refractivity contribution in [3.8, 4) is 5.75 Å². The molecule has 1 aromatic carbocycles. The molecule has 1 aromatic rings. The predicted molar refractivity (Wildman–Crippen MR) is 48.5 cm³/mol. The molecule has 0 fully saturated rings. The summed E-state index contributed by atoms with van der Waals surface area (Å²) >= 11 is 0. The van der Waals surface area contributed by atoms with E-state index in [1.54, 1.807) is 0 Å². The summed E-state index contributed by atoms with van der Waals surface area (Å²) in [7, 11) is 0. The topological polar surface area (TPSA) is 92.5 Å². The SMILES string of the molecule is O=C([O-])C(F)(F)COc1ccc([N+](=O)[O-])cc1. The monoisotopic (exact) mass is 246 g/mol. The molecule has 0 atom stereocenters. The third kappa shape index (κ3) is 3.37. The van der Waals surface area contributed by atoms with Crippen molar-refractivity contribution in [3.05, 3.63) is 34.4 Å². The third-order valence-corrected chi connectivity index (χ3v) is 1.77. The highest BCUT2D eigenvalue weighted by molar-refractivity contribution is 5.73. The number of benzene rings is 1. The maximum Gasteiger partial charge on any atom is 0.320 e. The van der Waals surface area contributed by atoms with Crippen LogP contribution in [0, 0.1) is 10.1 Å². The van der Waals surface area contributed by atoms with Gasteiger partial charge < -0.3 is 14.6 Å². The minimum absolute atomic E-state index is 0.100. The number of alkyl halides is 2. The van der Waals surface area contributed by atoms with Gasteiger partial charge in [-0.1, -0.05) is 0 Å². The fraction of sp³-hybridized carbons (Fsp3) is 0.222. The number of carboxylic acid groups (broad SMARTS) is 1. The van der Waals surface area contributed by atoms with Gasteiger partial charge in [0, 0.05) is 12.1 Å². The number of aliphatic carboxylic acids is 1. The second-order valence-corrected chi connectivity index (χ2v) is 3.03. The van der Waals surface area contributed by atoms with Crippen LogP contribution in [0.3, 0.4) is 0 Å². The minimum Gasteiger partial charge on any atom is -0.544 e. The van der Waals surface area contributed by atoms with Gasteiger partial charge in [0.25, 0.3) is 5.69 Å². The number of ether oxygens (including phenoxy) is 1. The number of rotatable bonds is 5. The van der Waals surface area contributed by atoms with Crippen LogP contribution in [0.2, 0.25) is 0 Å². The van der Waals surface area contributed by atoms with Gasteiger partial charge in [-0.3, -0.25) is 10.1 Å². The Balaban J connectivity index is 2.65. The lowest BCUT2D eigenvalue weighted by molar-refractivity contribution is -0.384. The molecule has 0 saturated carbocycles. The van der Waals surface area contributed by atoms with Crippen LogP contribution in [0.25, 0.3) is 0 Å². The highest BCUT2D eigenvalue weighted by atomic mass is 19.3. The lowest BCUT2D eigenvalue weighted by Gasteiger charge is -2.17. The van der Waals surface area contributed by atoms with E-state index >= 15 is 0 Å². The normalized spacial score (nSPS) is 10.9. The van der Waals surface area contributed by atoms with E-state index in [1.807, 2.05) is 0 Å². The second-order valence-electron chi connectivity index (χ2n) is 3.03. The molecule has 0 N–H and O–H groups in total. The quantitative estimate of drug-likeness (QED) is 0.552. The van der Waals surface area contributed by atoms with E-state index in [-0.39, 0.29) is 11.4 Å². The number of hydrogen-bond donors (Lipinski definition) is 0. The minimum atomic E-state index is -4.11. The van der Waals surface area contributed by atoms with Crippen molar-refractivity contribution in [1.82, 2.24) is 0 Å². The number of nitro groups is 1. The zero-order valence-corrected chi connectivity index (χ0v) is 8.26. The van der Waals surface area contributed by atoms with Crippen LogP contribution in [0.1, 0.15) is 0 Å². The molecular weight excluding hydrogens is 240 g/mol. The predicted octanol–water partition coefficient (Wildman–Crippen LogP) is 0.359. The average Bonchev–Trinajstić information content (AvgIpc) is 2.27. The number of carbonyl (C=O) groups is 1. The van der Waals surface area contributed by atoms with Gasteiger partial charge >= 0.3 is 5.92 Å². The Morgan fingerprint density at radius 2 is 1.88 bits per heavy atom. The number of hydrogen-bond acceptors (Lipinski definition) is 5. The molecule has 1 rings (SSSR count). The standard InChI is InChI=1S/C9H7F2NO5/c10-9(11,8(13)14)5-17-7-3-1-6(2-4-7)12(15)16/h1-4H,5H2,(H,13,14)/p-1. The molecule has 0 bridgehead atoms. The van der Waals surface area contributed by atoms with Gasteiger partial charge in [-0.05, 0) is 12.1 Å². The Bertz CT molecular complexity index is 432. The highest BCUT2D eigenvalue weighted by Crippen LogP contribution is 2.20. The molecule has 0 radical (unpaired) electrons. The summed E-state index contributed by atoms with van der Waals surface area (Å²) in [6.45, 7) is -1.40. The maximum atomic E-state index is 12.5. The van der Waals surface area contributed by atoms with Crippen LogP contribution >= 0.6 is 0 Å². The molecular formula is C9H6F2NO5-. The van der Waals surface area contributed by atoms with Gasteiger partial charge in [-0.15, -0.1) is 0 Å². The van der Waals surface area contributed by atoms with Crippen LogP contribution in [-0.2, 0) is 4.79 Å². The van der Waals surface area contributed by atoms with Crippen molar-refractivity contribution in [2.45, 2.75) is 5.92 Å². The molecule has 6 nitrogen and oxygen atoms in total. The summed E-state index contributed by atoms with van der Waals surface area (Å²) in [4.78, 5) is 19.6. The first-order valence-corrected chi connectivity index (χ1v) is 4.29. The molecule has 0 heterocycles. The largest absolute Gasteiger partial charge is 0.544 e. The Morgan fingerprint density at radius 1 is 1.35 bits per heavy atom. The Hall–Kier alpha value is -2.25. The van der Waals surface area contributed by atoms with Gasteiger partial charge in [0.2, 0.25) is 0 Å². The van der Waals surface area contributed by atoms with Crippen molar-refractivity contribution >= 4 is 11.7 Å². The fourth-order valence-corrected chi connectivity index (χ4v) is 0.897. The van der Waals surface area contributed by atoms with Crippen LogP contribution in [0.15, 0.2) is 24.3 Å². The Kier molecular flexibility index (Phi) is 3.56. The summed E-state index contributed by atoms with van der Waals surface area (Å²) in [6.07, 6.45) is 0. The second kappa shape index (κ2) is 4.73. The number of carboxylic acids is 1. The van der Waals surface area contributed by atoms with Gasteiger partial charge in [0.1, 0.15) is 11.7 Å². The van der Waals surface area contributed by atoms with E-state index in [2.05, 4.69) is 4.74 Å². The highest BCUT2D eigenvalue weighted by Gasteiger charge is 2.32. The molecule has 8 heteroatoms. The fourth-order valence-electron chi connectivity index (χ4n) is 0.897. The van der Waals surface area contributed by atoms with Gasteiger partial charge in [-0.25, -0.2) is 0 Å². The van der Waals surface area contributed by atoms with E-state index in [0.717, 1.165) is 24.3 Å². The molecule has 0 aliphatic carbocycles. The zero-order chi connectivity index (χ0) is 13.1. The van der Waals surface area contributed by atoms with Crippen LogP contribution < -0.4 is 9.84 Å².